The fourth-order valence-electron chi connectivity index (χ4n) is 1.47. The Bertz CT molecular complexity index is 584. The number of aryl methyl sites for hydroxylation is 1. The first-order chi connectivity index (χ1) is 10.2. The topological polar surface area (TPSA) is 65.2 Å². The van der Waals surface area contributed by atoms with Crippen LogP contribution >= 0.6 is 23.5 Å². The van der Waals surface area contributed by atoms with Crippen molar-refractivity contribution in [1.29, 1.82) is 0 Å². The molecule has 0 aliphatic heterocycles. The maximum Gasteiger partial charge on any atom is 0.396 e. The molecule has 1 heterocycles. The molecule has 0 amide bonds. The summed E-state index contributed by atoms with van der Waals surface area (Å²) in [5.41, 5.74) is 1.26. The smallest absolute Gasteiger partial charge is 0.396 e. The number of nitrogens with zero attached hydrogens (tertiary/aromatic N) is 2. The van der Waals surface area contributed by atoms with Crippen molar-refractivity contribution in [3.8, 4) is 0 Å². The highest BCUT2D eigenvalue weighted by atomic mass is 32.2. The van der Waals surface area contributed by atoms with Crippen LogP contribution in [0.1, 0.15) is 23.2 Å². The molecule has 0 atom stereocenters. The van der Waals surface area contributed by atoms with Gasteiger partial charge in [0.05, 0.1) is 6.61 Å². The Hall–Kier alpha value is -1.47. The van der Waals surface area contributed by atoms with E-state index < -0.39 is 5.97 Å². The molecule has 0 aliphatic rings. The molecule has 0 saturated carbocycles. The van der Waals surface area contributed by atoms with E-state index in [0.717, 1.165) is 11.5 Å². The summed E-state index contributed by atoms with van der Waals surface area (Å²) in [7, 11) is 0. The number of ether oxygens (including phenoxy) is 1. The highest BCUT2D eigenvalue weighted by Gasteiger charge is 2.15. The minimum atomic E-state index is -0.578. The van der Waals surface area contributed by atoms with E-state index in [1.54, 1.807) is 18.7 Å². The summed E-state index contributed by atoms with van der Waals surface area (Å²) in [5.74, 6) is 1.07. The van der Waals surface area contributed by atoms with Crippen LogP contribution in [0.25, 0.3) is 0 Å². The van der Waals surface area contributed by atoms with E-state index in [4.69, 9.17) is 9.15 Å². The Morgan fingerprint density at radius 3 is 2.62 bits per heavy atom. The second-order valence-corrected chi connectivity index (χ2v) is 6.32. The summed E-state index contributed by atoms with van der Waals surface area (Å²) in [6, 6.07) is 8.41. The van der Waals surface area contributed by atoms with Crippen LogP contribution in [-0.4, -0.2) is 34.3 Å². The van der Waals surface area contributed by atoms with Gasteiger partial charge in [0.25, 0.3) is 5.22 Å². The Balaban J connectivity index is 1.73. The van der Waals surface area contributed by atoms with Crippen LogP contribution < -0.4 is 0 Å². The molecule has 112 valence electrons. The van der Waals surface area contributed by atoms with Gasteiger partial charge in [0.1, 0.15) is 0 Å². The largest absolute Gasteiger partial charge is 0.459 e. The summed E-state index contributed by atoms with van der Waals surface area (Å²) in [5, 5.41) is 7.87. The van der Waals surface area contributed by atoms with Gasteiger partial charge >= 0.3 is 11.9 Å². The van der Waals surface area contributed by atoms with Crippen molar-refractivity contribution >= 4 is 29.5 Å². The SMILES string of the molecule is CCOC(=O)c1nnc(SCCSc2ccc(C)cc2)o1. The van der Waals surface area contributed by atoms with Crippen molar-refractivity contribution in [2.75, 3.05) is 18.1 Å². The average Bonchev–Trinajstić information content (AvgIpc) is 2.95. The first-order valence-electron chi connectivity index (χ1n) is 6.52. The number of thioether (sulfide) groups is 2. The maximum absolute atomic E-state index is 11.4. The normalized spacial score (nSPS) is 10.6. The third-order valence-corrected chi connectivity index (χ3v) is 4.55. The van der Waals surface area contributed by atoms with Crippen LogP contribution in [0.3, 0.4) is 0 Å². The average molecular weight is 324 g/mol. The van der Waals surface area contributed by atoms with Gasteiger partial charge in [-0.25, -0.2) is 4.79 Å². The molecule has 0 unspecified atom stereocenters. The maximum atomic E-state index is 11.4. The zero-order valence-corrected chi connectivity index (χ0v) is 13.5. The zero-order valence-electron chi connectivity index (χ0n) is 11.9. The minimum Gasteiger partial charge on any atom is -0.459 e. The van der Waals surface area contributed by atoms with Gasteiger partial charge in [-0.05, 0) is 26.0 Å². The molecule has 1 aromatic carbocycles. The van der Waals surface area contributed by atoms with Gasteiger partial charge in [-0.15, -0.1) is 16.9 Å². The van der Waals surface area contributed by atoms with Crippen LogP contribution in [-0.2, 0) is 4.74 Å². The van der Waals surface area contributed by atoms with E-state index in [0.29, 0.717) is 5.22 Å². The molecule has 0 N–H and O–H groups in total. The van der Waals surface area contributed by atoms with Gasteiger partial charge in [-0.3, -0.25) is 0 Å². The third kappa shape index (κ3) is 5.09. The van der Waals surface area contributed by atoms with Crippen LogP contribution in [0.15, 0.2) is 38.8 Å². The predicted molar refractivity (Wildman–Crippen MR) is 82.9 cm³/mol. The van der Waals surface area contributed by atoms with Crippen LogP contribution in [0, 0.1) is 6.92 Å². The molecular weight excluding hydrogens is 308 g/mol. The number of benzene rings is 1. The first kappa shape index (κ1) is 15.9. The van der Waals surface area contributed by atoms with Crippen molar-refractivity contribution in [1.82, 2.24) is 10.2 Å². The highest BCUT2D eigenvalue weighted by Crippen LogP contribution is 2.22. The fraction of sp³-hybridized carbons (Fsp3) is 0.357. The van der Waals surface area contributed by atoms with Crippen molar-refractivity contribution in [3.05, 3.63) is 35.7 Å². The summed E-state index contributed by atoms with van der Waals surface area (Å²) < 4.78 is 10.0. The van der Waals surface area contributed by atoms with E-state index in [9.17, 15) is 4.79 Å². The lowest BCUT2D eigenvalue weighted by Crippen LogP contribution is -2.04. The van der Waals surface area contributed by atoms with Crippen LogP contribution in [0.4, 0.5) is 0 Å². The summed E-state index contributed by atoms with van der Waals surface area (Å²) in [6.07, 6.45) is 0. The second kappa shape index (κ2) is 8.09. The number of hydrogen-bond acceptors (Lipinski definition) is 7. The Morgan fingerprint density at radius 1 is 1.19 bits per heavy atom. The van der Waals surface area contributed by atoms with Crippen molar-refractivity contribution < 1.29 is 13.9 Å². The monoisotopic (exact) mass is 324 g/mol. The molecule has 5 nitrogen and oxygen atoms in total. The number of rotatable bonds is 7. The number of hydrogen-bond donors (Lipinski definition) is 0. The minimum absolute atomic E-state index is 0.0921. The molecule has 0 saturated heterocycles. The molecule has 21 heavy (non-hydrogen) atoms. The standard InChI is InChI=1S/C14H16N2O3S2/c1-3-18-13(17)12-15-16-14(19-12)21-9-8-20-11-6-4-10(2)5-7-11/h4-7H,3,8-9H2,1-2H3. The van der Waals surface area contributed by atoms with Gasteiger partial charge in [0, 0.05) is 16.4 Å². The molecule has 0 fully saturated rings. The van der Waals surface area contributed by atoms with E-state index in [1.165, 1.54) is 22.2 Å². The molecule has 2 aromatic rings. The highest BCUT2D eigenvalue weighted by molar-refractivity contribution is 8.02. The zero-order chi connectivity index (χ0) is 15.1. The number of esters is 1. The lowest BCUT2D eigenvalue weighted by Gasteiger charge is -2.00. The fourth-order valence-corrected chi connectivity index (χ4v) is 3.11. The molecule has 0 aliphatic carbocycles. The van der Waals surface area contributed by atoms with E-state index in [-0.39, 0.29) is 12.5 Å². The van der Waals surface area contributed by atoms with Crippen LogP contribution in [0.2, 0.25) is 0 Å². The quantitative estimate of drug-likeness (QED) is 0.439. The lowest BCUT2D eigenvalue weighted by atomic mass is 10.2. The van der Waals surface area contributed by atoms with Crippen molar-refractivity contribution in [3.63, 3.8) is 0 Å². The van der Waals surface area contributed by atoms with Gasteiger partial charge < -0.3 is 9.15 Å². The molecular formula is C14H16N2O3S2. The molecule has 0 bridgehead atoms. The van der Waals surface area contributed by atoms with Gasteiger partial charge in [-0.2, -0.15) is 0 Å². The Morgan fingerprint density at radius 2 is 1.90 bits per heavy atom. The van der Waals surface area contributed by atoms with E-state index in [2.05, 4.69) is 41.4 Å². The number of aromatic nitrogens is 2. The number of carbonyl (C=O) groups excluding carboxylic acids is 1. The summed E-state index contributed by atoms with van der Waals surface area (Å²) >= 11 is 3.20. The predicted octanol–water partition coefficient (Wildman–Crippen LogP) is 3.44. The first-order valence-corrected chi connectivity index (χ1v) is 8.49. The lowest BCUT2D eigenvalue weighted by molar-refractivity contribution is 0.0475. The van der Waals surface area contributed by atoms with E-state index >= 15 is 0 Å². The Labute approximate surface area is 131 Å². The third-order valence-electron chi connectivity index (χ3n) is 2.46. The van der Waals surface area contributed by atoms with Crippen LogP contribution in [0.5, 0.6) is 0 Å². The molecule has 1 aromatic heterocycles. The van der Waals surface area contributed by atoms with Gasteiger partial charge in [0.15, 0.2) is 0 Å². The molecule has 2 rings (SSSR count). The molecule has 7 heteroatoms. The molecule has 0 radical (unpaired) electrons. The Kier molecular flexibility index (Phi) is 6.13. The molecule has 0 spiro atoms. The van der Waals surface area contributed by atoms with Crippen molar-refractivity contribution in [2.45, 2.75) is 24.0 Å². The summed E-state index contributed by atoms with van der Waals surface area (Å²) in [4.78, 5) is 12.6. The summed E-state index contributed by atoms with van der Waals surface area (Å²) in [6.45, 7) is 4.09. The second-order valence-electron chi connectivity index (χ2n) is 4.10. The van der Waals surface area contributed by atoms with Gasteiger partial charge in [0.2, 0.25) is 0 Å². The van der Waals surface area contributed by atoms with Crippen molar-refractivity contribution in [2.24, 2.45) is 0 Å². The number of carbonyl (C=O) groups is 1. The van der Waals surface area contributed by atoms with Gasteiger partial charge in [-0.1, -0.05) is 34.6 Å². The van der Waals surface area contributed by atoms with E-state index in [1.807, 2.05) is 0 Å².